The summed E-state index contributed by atoms with van der Waals surface area (Å²) in [6, 6.07) is 4.03. The Balaban J connectivity index is 2.30. The largest absolute Gasteiger partial charge is 0.416 e. The Morgan fingerprint density at radius 1 is 1.25 bits per heavy atom. The van der Waals surface area contributed by atoms with Gasteiger partial charge in [-0.1, -0.05) is 6.07 Å². The Morgan fingerprint density at radius 2 is 1.96 bits per heavy atom. The molecule has 0 saturated heterocycles. The summed E-state index contributed by atoms with van der Waals surface area (Å²) in [7, 11) is 1.41. The van der Waals surface area contributed by atoms with Gasteiger partial charge >= 0.3 is 6.18 Å². The van der Waals surface area contributed by atoms with Gasteiger partial charge in [0, 0.05) is 25.4 Å². The number of aromatic nitrogens is 2. The average Bonchev–Trinajstić information content (AvgIpc) is 2.96. The highest BCUT2D eigenvalue weighted by atomic mass is 19.4. The van der Waals surface area contributed by atoms with Crippen LogP contribution in [0.4, 0.5) is 18.9 Å². The van der Waals surface area contributed by atoms with E-state index in [0.29, 0.717) is 6.54 Å². The number of hydrogen-bond donors (Lipinski definition) is 2. The van der Waals surface area contributed by atoms with Crippen LogP contribution in [0.2, 0.25) is 0 Å². The van der Waals surface area contributed by atoms with Crippen molar-refractivity contribution in [2.24, 2.45) is 0 Å². The van der Waals surface area contributed by atoms with Gasteiger partial charge in [-0.05, 0) is 25.1 Å². The molecule has 0 spiro atoms. The molecular weight excluding hydrogens is 325 g/mol. The predicted molar refractivity (Wildman–Crippen MR) is 80.7 cm³/mol. The smallest absolute Gasteiger partial charge is 0.354 e. The maximum atomic E-state index is 12.7. The van der Waals surface area contributed by atoms with E-state index < -0.39 is 23.6 Å². The highest BCUT2D eigenvalue weighted by molar-refractivity contribution is 6.08. The number of nitrogens with one attached hydrogen (secondary N) is 2. The molecular formula is C15H15F3N4O2. The number of anilines is 1. The number of alkyl halides is 3. The molecule has 1 aromatic carbocycles. The minimum atomic E-state index is -4.54. The Bertz CT molecular complexity index is 768. The molecule has 0 aliphatic rings. The molecule has 1 heterocycles. The van der Waals surface area contributed by atoms with Crippen molar-refractivity contribution in [3.8, 4) is 0 Å². The Morgan fingerprint density at radius 3 is 2.54 bits per heavy atom. The molecule has 0 bridgehead atoms. The van der Waals surface area contributed by atoms with Gasteiger partial charge in [0.25, 0.3) is 11.8 Å². The van der Waals surface area contributed by atoms with E-state index in [4.69, 9.17) is 0 Å². The topological polar surface area (TPSA) is 76.0 Å². The highest BCUT2D eigenvalue weighted by Gasteiger charge is 2.31. The third-order valence-corrected chi connectivity index (χ3v) is 3.23. The Hall–Kier alpha value is -2.84. The molecule has 2 aromatic rings. The van der Waals surface area contributed by atoms with Crippen LogP contribution in [0.5, 0.6) is 0 Å². The van der Waals surface area contributed by atoms with E-state index in [0.717, 1.165) is 18.2 Å². The summed E-state index contributed by atoms with van der Waals surface area (Å²) in [5.41, 5.74) is -0.985. The molecule has 0 aliphatic heterocycles. The number of nitrogens with zero attached hydrogens (tertiary/aromatic N) is 2. The fourth-order valence-electron chi connectivity index (χ4n) is 1.99. The third kappa shape index (κ3) is 3.73. The van der Waals surface area contributed by atoms with Gasteiger partial charge in [0.2, 0.25) is 0 Å². The van der Waals surface area contributed by atoms with Gasteiger partial charge in [-0.15, -0.1) is 0 Å². The number of carbonyl (C=O) groups excluding carboxylic acids is 2. The van der Waals surface area contributed by atoms with Crippen LogP contribution in [-0.4, -0.2) is 28.6 Å². The molecule has 0 atom stereocenters. The third-order valence-electron chi connectivity index (χ3n) is 3.23. The van der Waals surface area contributed by atoms with Crippen molar-refractivity contribution >= 4 is 17.5 Å². The quantitative estimate of drug-likeness (QED) is 0.898. The van der Waals surface area contributed by atoms with E-state index in [1.807, 2.05) is 0 Å². The van der Waals surface area contributed by atoms with Crippen LogP contribution in [0.25, 0.3) is 0 Å². The fourth-order valence-corrected chi connectivity index (χ4v) is 1.99. The van der Waals surface area contributed by atoms with Gasteiger partial charge in [0.05, 0.1) is 11.3 Å². The minimum absolute atomic E-state index is 0.0142. The summed E-state index contributed by atoms with van der Waals surface area (Å²) in [6.45, 7) is 2.25. The van der Waals surface area contributed by atoms with Crippen LogP contribution in [0.15, 0.2) is 30.5 Å². The van der Waals surface area contributed by atoms with Gasteiger partial charge in [-0.25, -0.2) is 0 Å². The van der Waals surface area contributed by atoms with Crippen molar-refractivity contribution < 1.29 is 22.8 Å². The second-order valence-electron chi connectivity index (χ2n) is 4.86. The molecule has 2 N–H and O–H groups in total. The molecule has 0 radical (unpaired) electrons. The number of amides is 2. The molecule has 128 valence electrons. The van der Waals surface area contributed by atoms with Crippen molar-refractivity contribution in [1.82, 2.24) is 15.1 Å². The van der Waals surface area contributed by atoms with Crippen LogP contribution in [0, 0.1) is 0 Å². The van der Waals surface area contributed by atoms with E-state index in [9.17, 15) is 22.8 Å². The zero-order valence-electron chi connectivity index (χ0n) is 12.9. The molecule has 24 heavy (non-hydrogen) atoms. The molecule has 6 nitrogen and oxygen atoms in total. The first kappa shape index (κ1) is 17.5. The van der Waals surface area contributed by atoms with Crippen molar-refractivity contribution in [3.05, 3.63) is 47.3 Å². The summed E-state index contributed by atoms with van der Waals surface area (Å²) in [6.07, 6.45) is -3.10. The summed E-state index contributed by atoms with van der Waals surface area (Å²) in [4.78, 5) is 24.0. The fraction of sp³-hybridized carbons (Fsp3) is 0.267. The minimum Gasteiger partial charge on any atom is -0.354 e. The maximum Gasteiger partial charge on any atom is 0.416 e. The molecule has 2 amide bonds. The number of rotatable bonds is 4. The van der Waals surface area contributed by atoms with E-state index in [1.165, 1.54) is 24.0 Å². The van der Waals surface area contributed by atoms with Crippen LogP contribution in [0.3, 0.4) is 0 Å². The van der Waals surface area contributed by atoms with Crippen LogP contribution in [0.1, 0.15) is 33.3 Å². The lowest BCUT2D eigenvalue weighted by Gasteiger charge is -2.09. The van der Waals surface area contributed by atoms with Gasteiger partial charge in [-0.2, -0.15) is 18.3 Å². The standard InChI is InChI=1S/C15H15F3N4O2/c1-3-22-8-11(12(21-22)14(24)19-2)20-13(23)9-5-4-6-10(7-9)15(16,17)18/h4-8H,3H2,1-2H3,(H,19,24)(H,20,23). The van der Waals surface area contributed by atoms with Crippen molar-refractivity contribution in [2.75, 3.05) is 12.4 Å². The van der Waals surface area contributed by atoms with E-state index >= 15 is 0 Å². The monoisotopic (exact) mass is 340 g/mol. The van der Waals surface area contributed by atoms with Crippen molar-refractivity contribution in [3.63, 3.8) is 0 Å². The van der Waals surface area contributed by atoms with Crippen molar-refractivity contribution in [1.29, 1.82) is 0 Å². The van der Waals surface area contributed by atoms with Gasteiger partial charge in [0.15, 0.2) is 5.69 Å². The highest BCUT2D eigenvalue weighted by Crippen LogP contribution is 2.29. The second kappa shape index (κ2) is 6.73. The average molecular weight is 340 g/mol. The molecule has 0 fully saturated rings. The number of hydrogen-bond acceptors (Lipinski definition) is 3. The molecule has 0 unspecified atom stereocenters. The first-order valence-electron chi connectivity index (χ1n) is 7.04. The molecule has 1 aromatic heterocycles. The Kier molecular flexibility index (Phi) is 4.91. The predicted octanol–water partition coefficient (Wildman–Crippen LogP) is 2.53. The molecule has 0 saturated carbocycles. The SMILES string of the molecule is CCn1cc(NC(=O)c2cccc(C(F)(F)F)c2)c(C(=O)NC)n1. The first-order chi connectivity index (χ1) is 11.3. The number of halogens is 3. The maximum absolute atomic E-state index is 12.7. The number of carbonyl (C=O) groups is 2. The van der Waals surface area contributed by atoms with Crippen LogP contribution < -0.4 is 10.6 Å². The number of aryl methyl sites for hydroxylation is 1. The lowest BCUT2D eigenvalue weighted by molar-refractivity contribution is -0.137. The van der Waals surface area contributed by atoms with E-state index in [1.54, 1.807) is 6.92 Å². The van der Waals surface area contributed by atoms with E-state index in [2.05, 4.69) is 15.7 Å². The number of benzene rings is 1. The van der Waals surface area contributed by atoms with Gasteiger partial charge in [-0.3, -0.25) is 14.3 Å². The molecule has 2 rings (SSSR count). The summed E-state index contributed by atoms with van der Waals surface area (Å²) in [5.74, 6) is -1.27. The zero-order valence-corrected chi connectivity index (χ0v) is 12.9. The molecule has 9 heteroatoms. The van der Waals surface area contributed by atoms with Gasteiger partial charge in [0.1, 0.15) is 0 Å². The Labute approximate surface area is 135 Å². The first-order valence-corrected chi connectivity index (χ1v) is 7.04. The van der Waals surface area contributed by atoms with Crippen LogP contribution in [-0.2, 0) is 12.7 Å². The molecule has 0 aliphatic carbocycles. The second-order valence-corrected chi connectivity index (χ2v) is 4.86. The lowest BCUT2D eigenvalue weighted by Crippen LogP contribution is -2.21. The van der Waals surface area contributed by atoms with Crippen LogP contribution >= 0.6 is 0 Å². The van der Waals surface area contributed by atoms with E-state index in [-0.39, 0.29) is 16.9 Å². The summed E-state index contributed by atoms with van der Waals surface area (Å²) < 4.78 is 39.6. The summed E-state index contributed by atoms with van der Waals surface area (Å²) >= 11 is 0. The normalized spacial score (nSPS) is 11.2. The zero-order chi connectivity index (χ0) is 17.9. The van der Waals surface area contributed by atoms with Crippen molar-refractivity contribution in [2.45, 2.75) is 19.6 Å². The lowest BCUT2D eigenvalue weighted by atomic mass is 10.1. The summed E-state index contributed by atoms with van der Waals surface area (Å²) in [5, 5.41) is 8.82. The van der Waals surface area contributed by atoms with Gasteiger partial charge < -0.3 is 10.6 Å².